The fourth-order valence-corrected chi connectivity index (χ4v) is 2.39. The molecule has 1 atom stereocenters. The van der Waals surface area contributed by atoms with Crippen LogP contribution in [-0.2, 0) is 6.42 Å². The molecular formula is C13H11Cl2IN2. The highest BCUT2D eigenvalue weighted by molar-refractivity contribution is 14.1. The largest absolute Gasteiger partial charge is 0.324 e. The molecule has 0 aliphatic heterocycles. The van der Waals surface area contributed by atoms with Crippen LogP contribution in [0, 0.1) is 3.57 Å². The summed E-state index contributed by atoms with van der Waals surface area (Å²) in [6, 6.07) is 7.62. The molecule has 0 bridgehead atoms. The molecule has 1 unspecified atom stereocenters. The lowest BCUT2D eigenvalue weighted by Gasteiger charge is -2.13. The van der Waals surface area contributed by atoms with Crippen molar-refractivity contribution in [3.63, 3.8) is 0 Å². The summed E-state index contributed by atoms with van der Waals surface area (Å²) in [5.74, 6) is 0. The average Bonchev–Trinajstić information content (AvgIpc) is 2.35. The molecule has 0 fully saturated rings. The molecule has 0 radical (unpaired) electrons. The summed E-state index contributed by atoms with van der Waals surface area (Å²) >= 11 is 14.4. The van der Waals surface area contributed by atoms with E-state index in [4.69, 9.17) is 28.9 Å². The second-order valence-electron chi connectivity index (χ2n) is 3.95. The van der Waals surface area contributed by atoms with Gasteiger partial charge < -0.3 is 5.73 Å². The molecule has 2 aromatic rings. The molecule has 0 amide bonds. The van der Waals surface area contributed by atoms with Crippen LogP contribution in [0.3, 0.4) is 0 Å². The van der Waals surface area contributed by atoms with Crippen molar-refractivity contribution < 1.29 is 0 Å². The van der Waals surface area contributed by atoms with E-state index in [9.17, 15) is 0 Å². The Kier molecular flexibility index (Phi) is 4.84. The minimum atomic E-state index is -0.126. The molecule has 2 N–H and O–H groups in total. The number of pyridine rings is 1. The molecule has 2 nitrogen and oxygen atoms in total. The van der Waals surface area contributed by atoms with Crippen LogP contribution in [0.1, 0.15) is 17.2 Å². The van der Waals surface area contributed by atoms with Crippen LogP contribution >= 0.6 is 45.8 Å². The zero-order valence-corrected chi connectivity index (χ0v) is 13.1. The molecule has 1 aromatic heterocycles. The van der Waals surface area contributed by atoms with Gasteiger partial charge in [-0.05, 0) is 58.3 Å². The van der Waals surface area contributed by atoms with E-state index < -0.39 is 0 Å². The van der Waals surface area contributed by atoms with Gasteiger partial charge in [-0.3, -0.25) is 4.98 Å². The minimum absolute atomic E-state index is 0.126. The molecule has 0 aliphatic rings. The first-order chi connectivity index (χ1) is 8.58. The van der Waals surface area contributed by atoms with Crippen LogP contribution in [0.5, 0.6) is 0 Å². The van der Waals surface area contributed by atoms with Crippen molar-refractivity contribution in [2.75, 3.05) is 0 Å². The van der Waals surface area contributed by atoms with Gasteiger partial charge >= 0.3 is 0 Å². The summed E-state index contributed by atoms with van der Waals surface area (Å²) in [5, 5.41) is 1.37. The first-order valence-corrected chi connectivity index (χ1v) is 7.20. The Labute approximate surface area is 130 Å². The predicted molar refractivity (Wildman–Crippen MR) is 84.0 cm³/mol. The van der Waals surface area contributed by atoms with E-state index in [1.807, 2.05) is 24.3 Å². The SMILES string of the molecule is NC(Cc1ccncc1Cl)c1ccc(I)c(Cl)c1. The van der Waals surface area contributed by atoms with Crippen molar-refractivity contribution in [2.45, 2.75) is 12.5 Å². The monoisotopic (exact) mass is 392 g/mol. The highest BCUT2D eigenvalue weighted by atomic mass is 127. The summed E-state index contributed by atoms with van der Waals surface area (Å²) in [5.41, 5.74) is 8.18. The molecule has 5 heteroatoms. The second kappa shape index (κ2) is 6.19. The smallest absolute Gasteiger partial charge is 0.0622 e. The van der Waals surface area contributed by atoms with Crippen molar-refractivity contribution >= 4 is 45.8 Å². The van der Waals surface area contributed by atoms with E-state index in [0.29, 0.717) is 11.4 Å². The van der Waals surface area contributed by atoms with Crippen molar-refractivity contribution in [3.05, 3.63) is 61.4 Å². The maximum Gasteiger partial charge on any atom is 0.0622 e. The number of halogens is 3. The van der Waals surface area contributed by atoms with Gasteiger partial charge in [0, 0.05) is 22.0 Å². The summed E-state index contributed by atoms with van der Waals surface area (Å²) < 4.78 is 1.02. The number of nitrogens with zero attached hydrogens (tertiary/aromatic N) is 1. The second-order valence-corrected chi connectivity index (χ2v) is 5.93. The Hall–Kier alpha value is -0.360. The fourth-order valence-electron chi connectivity index (χ4n) is 1.67. The van der Waals surface area contributed by atoms with Gasteiger partial charge in [-0.2, -0.15) is 0 Å². The van der Waals surface area contributed by atoms with Crippen LogP contribution in [0.25, 0.3) is 0 Å². The lowest BCUT2D eigenvalue weighted by molar-refractivity contribution is 0.721. The fraction of sp³-hybridized carbons (Fsp3) is 0.154. The molecule has 18 heavy (non-hydrogen) atoms. The Morgan fingerprint density at radius 3 is 2.67 bits per heavy atom. The standard InChI is InChI=1S/C13H11Cl2IN2/c14-10-5-9(1-2-12(10)16)13(17)6-8-3-4-18-7-11(8)15/h1-5,7,13H,6,17H2. The molecule has 94 valence electrons. The normalized spacial score (nSPS) is 12.4. The van der Waals surface area contributed by atoms with Crippen molar-refractivity contribution in [1.29, 1.82) is 0 Å². The lowest BCUT2D eigenvalue weighted by Crippen LogP contribution is -2.13. The summed E-state index contributed by atoms with van der Waals surface area (Å²) in [4.78, 5) is 3.96. The first-order valence-electron chi connectivity index (χ1n) is 5.37. The number of aromatic nitrogens is 1. The molecule has 1 heterocycles. The molecule has 0 aliphatic carbocycles. The minimum Gasteiger partial charge on any atom is -0.324 e. The molecule has 0 saturated carbocycles. The van der Waals surface area contributed by atoms with Gasteiger partial charge in [-0.15, -0.1) is 0 Å². The van der Waals surface area contributed by atoms with Crippen LogP contribution in [0.4, 0.5) is 0 Å². The van der Waals surface area contributed by atoms with Crippen LogP contribution in [0.2, 0.25) is 10.0 Å². The number of benzene rings is 1. The topological polar surface area (TPSA) is 38.9 Å². The van der Waals surface area contributed by atoms with E-state index in [1.165, 1.54) is 0 Å². The van der Waals surface area contributed by atoms with Crippen LogP contribution in [0.15, 0.2) is 36.7 Å². The van der Waals surface area contributed by atoms with Gasteiger partial charge in [0.15, 0.2) is 0 Å². The maximum atomic E-state index is 6.17. The Bertz CT molecular complexity index is 560. The van der Waals surface area contributed by atoms with E-state index in [0.717, 1.165) is 19.7 Å². The van der Waals surface area contributed by atoms with Gasteiger partial charge in [0.1, 0.15) is 0 Å². The van der Waals surface area contributed by atoms with E-state index >= 15 is 0 Å². The number of nitrogens with two attached hydrogens (primary N) is 1. The van der Waals surface area contributed by atoms with Gasteiger partial charge in [-0.1, -0.05) is 29.3 Å². The highest BCUT2D eigenvalue weighted by Gasteiger charge is 2.11. The summed E-state index contributed by atoms with van der Waals surface area (Å²) in [6.07, 6.45) is 4.01. The lowest BCUT2D eigenvalue weighted by atomic mass is 10.0. The Balaban J connectivity index is 2.19. The molecule has 2 rings (SSSR count). The van der Waals surface area contributed by atoms with E-state index in [2.05, 4.69) is 27.6 Å². The predicted octanol–water partition coefficient (Wildman–Crippen LogP) is 4.24. The quantitative estimate of drug-likeness (QED) is 0.793. The molecule has 0 saturated heterocycles. The van der Waals surface area contributed by atoms with Gasteiger partial charge in [0.05, 0.1) is 10.0 Å². The third-order valence-electron chi connectivity index (χ3n) is 2.67. The van der Waals surface area contributed by atoms with Crippen LogP contribution < -0.4 is 5.73 Å². The van der Waals surface area contributed by atoms with E-state index in [-0.39, 0.29) is 6.04 Å². The van der Waals surface area contributed by atoms with Gasteiger partial charge in [0.2, 0.25) is 0 Å². The zero-order valence-electron chi connectivity index (χ0n) is 9.41. The summed E-state index contributed by atoms with van der Waals surface area (Å²) in [7, 11) is 0. The molecule has 0 spiro atoms. The van der Waals surface area contributed by atoms with Gasteiger partial charge in [-0.25, -0.2) is 0 Å². The molecular weight excluding hydrogens is 382 g/mol. The van der Waals surface area contributed by atoms with Crippen molar-refractivity contribution in [3.8, 4) is 0 Å². The Morgan fingerprint density at radius 1 is 1.22 bits per heavy atom. The van der Waals surface area contributed by atoms with Crippen molar-refractivity contribution in [2.24, 2.45) is 5.73 Å². The van der Waals surface area contributed by atoms with Crippen molar-refractivity contribution in [1.82, 2.24) is 4.98 Å². The highest BCUT2D eigenvalue weighted by Crippen LogP contribution is 2.25. The average molecular weight is 393 g/mol. The zero-order chi connectivity index (χ0) is 13.1. The maximum absolute atomic E-state index is 6.17. The number of rotatable bonds is 3. The first kappa shape index (κ1) is 14.1. The van der Waals surface area contributed by atoms with E-state index in [1.54, 1.807) is 12.4 Å². The molecule has 1 aromatic carbocycles. The van der Waals surface area contributed by atoms with Crippen LogP contribution in [-0.4, -0.2) is 4.98 Å². The number of hydrogen-bond donors (Lipinski definition) is 1. The van der Waals surface area contributed by atoms with Gasteiger partial charge in [0.25, 0.3) is 0 Å². The number of hydrogen-bond acceptors (Lipinski definition) is 2. The third kappa shape index (κ3) is 3.35. The summed E-state index contributed by atoms with van der Waals surface area (Å²) in [6.45, 7) is 0. The Morgan fingerprint density at radius 2 is 2.00 bits per heavy atom. The third-order valence-corrected chi connectivity index (χ3v) is 4.58.